The smallest absolute Gasteiger partial charge is 0.220 e. The van der Waals surface area contributed by atoms with Crippen LogP contribution in [0.15, 0.2) is 0 Å². The second-order valence-electron chi connectivity index (χ2n) is 2.48. The predicted molar refractivity (Wildman–Crippen MR) is 39.6 cm³/mol. The number of carbonyl (C=O) groups excluding carboxylic acids is 2. The summed E-state index contributed by atoms with van der Waals surface area (Å²) in [5.41, 5.74) is 9.47. The fraction of sp³-hybridized carbons (Fsp3) is 0.667. The molecule has 0 saturated heterocycles. The predicted octanol–water partition coefficient (Wildman–Crippen LogP) is -2.54. The quantitative estimate of drug-likeness (QED) is 0.368. The molecule has 0 heterocycles. The van der Waals surface area contributed by atoms with Crippen LogP contribution in [0.2, 0.25) is 0 Å². The monoisotopic (exact) mass is 176 g/mol. The summed E-state index contributed by atoms with van der Waals surface area (Å²) < 4.78 is 0. The second kappa shape index (κ2) is 4.68. The van der Waals surface area contributed by atoms with E-state index in [-0.39, 0.29) is 12.8 Å². The van der Waals surface area contributed by atoms with Gasteiger partial charge in [0, 0.05) is 0 Å². The summed E-state index contributed by atoms with van der Waals surface area (Å²) in [6.45, 7) is 0. The normalized spacial score (nSPS) is 15.2. The SMILES string of the molecule is NC(=O)CC(O)C(O)CC(N)=O. The van der Waals surface area contributed by atoms with Gasteiger partial charge in [-0.25, -0.2) is 0 Å². The standard InChI is InChI=1S/C6H12N2O4/c7-5(11)1-3(9)4(10)2-6(8)12/h3-4,9-10H,1-2H2,(H2,7,11)(H2,8,12). The molecule has 2 amide bonds. The zero-order valence-corrected chi connectivity index (χ0v) is 6.43. The van der Waals surface area contributed by atoms with Crippen LogP contribution < -0.4 is 11.5 Å². The Morgan fingerprint density at radius 3 is 1.42 bits per heavy atom. The van der Waals surface area contributed by atoms with Gasteiger partial charge in [-0.1, -0.05) is 0 Å². The molecule has 0 bridgehead atoms. The Morgan fingerprint density at radius 2 is 1.25 bits per heavy atom. The van der Waals surface area contributed by atoms with Crippen molar-refractivity contribution in [2.24, 2.45) is 11.5 Å². The van der Waals surface area contributed by atoms with Crippen LogP contribution in [0, 0.1) is 0 Å². The molecule has 0 aromatic heterocycles. The third-order valence-electron chi connectivity index (χ3n) is 1.26. The molecule has 0 aliphatic heterocycles. The highest BCUT2D eigenvalue weighted by atomic mass is 16.3. The van der Waals surface area contributed by atoms with Crippen LogP contribution in [0.4, 0.5) is 0 Å². The Labute approximate surface area is 69.2 Å². The summed E-state index contributed by atoms with van der Waals surface area (Å²) in [6, 6.07) is 0. The number of aliphatic hydroxyl groups excluding tert-OH is 2. The Bertz CT molecular complexity index is 162. The van der Waals surface area contributed by atoms with Crippen LogP contribution in [-0.4, -0.2) is 34.2 Å². The van der Waals surface area contributed by atoms with Gasteiger partial charge in [0.05, 0.1) is 25.0 Å². The number of hydrogen-bond acceptors (Lipinski definition) is 4. The van der Waals surface area contributed by atoms with Gasteiger partial charge in [0.2, 0.25) is 11.8 Å². The van der Waals surface area contributed by atoms with Crippen LogP contribution in [0.1, 0.15) is 12.8 Å². The maximum absolute atomic E-state index is 10.2. The second-order valence-corrected chi connectivity index (χ2v) is 2.48. The van der Waals surface area contributed by atoms with Crippen LogP contribution in [0.3, 0.4) is 0 Å². The van der Waals surface area contributed by atoms with E-state index in [2.05, 4.69) is 0 Å². The number of primary amides is 2. The lowest BCUT2D eigenvalue weighted by atomic mass is 10.1. The number of hydrogen-bond donors (Lipinski definition) is 4. The van der Waals surface area contributed by atoms with E-state index < -0.39 is 24.0 Å². The van der Waals surface area contributed by atoms with Crippen LogP contribution >= 0.6 is 0 Å². The number of carbonyl (C=O) groups is 2. The van der Waals surface area contributed by atoms with Crippen molar-refractivity contribution in [3.05, 3.63) is 0 Å². The van der Waals surface area contributed by atoms with Crippen LogP contribution in [0.5, 0.6) is 0 Å². The molecule has 2 unspecified atom stereocenters. The van der Waals surface area contributed by atoms with E-state index in [0.29, 0.717) is 0 Å². The molecule has 12 heavy (non-hydrogen) atoms. The van der Waals surface area contributed by atoms with Gasteiger partial charge in [0.25, 0.3) is 0 Å². The van der Waals surface area contributed by atoms with Gasteiger partial charge in [-0.2, -0.15) is 0 Å². The molecule has 0 rings (SSSR count). The van der Waals surface area contributed by atoms with Gasteiger partial charge in [0.1, 0.15) is 0 Å². The van der Waals surface area contributed by atoms with Gasteiger partial charge in [-0.15, -0.1) is 0 Å². The molecular weight excluding hydrogens is 164 g/mol. The maximum Gasteiger partial charge on any atom is 0.220 e. The lowest BCUT2D eigenvalue weighted by Crippen LogP contribution is -2.34. The van der Waals surface area contributed by atoms with Gasteiger partial charge in [0.15, 0.2) is 0 Å². The highest BCUT2D eigenvalue weighted by molar-refractivity contribution is 5.76. The van der Waals surface area contributed by atoms with Crippen molar-refractivity contribution in [3.8, 4) is 0 Å². The summed E-state index contributed by atoms with van der Waals surface area (Å²) in [5.74, 6) is -1.49. The molecule has 6 nitrogen and oxygen atoms in total. The molecule has 0 aromatic carbocycles. The van der Waals surface area contributed by atoms with E-state index in [0.717, 1.165) is 0 Å². The minimum atomic E-state index is -1.32. The van der Waals surface area contributed by atoms with Crippen LogP contribution in [0.25, 0.3) is 0 Å². The molecule has 6 N–H and O–H groups in total. The molecule has 0 aromatic rings. The van der Waals surface area contributed by atoms with Crippen molar-refractivity contribution in [1.29, 1.82) is 0 Å². The zero-order chi connectivity index (χ0) is 9.72. The van der Waals surface area contributed by atoms with E-state index in [1.54, 1.807) is 0 Å². The summed E-state index contributed by atoms with van der Waals surface area (Å²) in [4.78, 5) is 20.5. The summed E-state index contributed by atoms with van der Waals surface area (Å²) in [5, 5.41) is 18.0. The fourth-order valence-electron chi connectivity index (χ4n) is 0.684. The first-order valence-corrected chi connectivity index (χ1v) is 3.36. The number of nitrogens with two attached hydrogens (primary N) is 2. The molecule has 0 spiro atoms. The Morgan fingerprint density at radius 1 is 1.00 bits per heavy atom. The summed E-state index contributed by atoms with van der Waals surface area (Å²) in [7, 11) is 0. The Hall–Kier alpha value is -1.14. The number of rotatable bonds is 5. The molecule has 0 saturated carbocycles. The zero-order valence-electron chi connectivity index (χ0n) is 6.43. The average molecular weight is 176 g/mol. The lowest BCUT2D eigenvalue weighted by Gasteiger charge is -2.13. The van der Waals surface area contributed by atoms with Crippen LogP contribution in [-0.2, 0) is 9.59 Å². The third kappa shape index (κ3) is 4.64. The van der Waals surface area contributed by atoms with E-state index in [9.17, 15) is 9.59 Å². The van der Waals surface area contributed by atoms with Crippen molar-refractivity contribution in [2.45, 2.75) is 25.0 Å². The molecule has 0 aliphatic carbocycles. The molecular formula is C6H12N2O4. The maximum atomic E-state index is 10.2. The molecule has 0 radical (unpaired) electrons. The molecule has 0 fully saturated rings. The highest BCUT2D eigenvalue weighted by Gasteiger charge is 2.19. The van der Waals surface area contributed by atoms with E-state index in [1.807, 2.05) is 0 Å². The van der Waals surface area contributed by atoms with Crippen molar-refractivity contribution in [3.63, 3.8) is 0 Å². The largest absolute Gasteiger partial charge is 0.390 e. The third-order valence-corrected chi connectivity index (χ3v) is 1.26. The fourth-order valence-corrected chi connectivity index (χ4v) is 0.684. The van der Waals surface area contributed by atoms with Gasteiger partial charge < -0.3 is 21.7 Å². The average Bonchev–Trinajstić information content (AvgIpc) is 1.84. The minimum absolute atomic E-state index is 0.381. The summed E-state index contributed by atoms with van der Waals surface area (Å²) in [6.07, 6.45) is -3.41. The first kappa shape index (κ1) is 10.9. The molecule has 70 valence electrons. The number of amides is 2. The van der Waals surface area contributed by atoms with Crippen molar-refractivity contribution in [1.82, 2.24) is 0 Å². The van der Waals surface area contributed by atoms with Crippen molar-refractivity contribution >= 4 is 11.8 Å². The van der Waals surface area contributed by atoms with Crippen molar-refractivity contribution < 1.29 is 19.8 Å². The Kier molecular flexibility index (Phi) is 4.24. The van der Waals surface area contributed by atoms with E-state index >= 15 is 0 Å². The van der Waals surface area contributed by atoms with Gasteiger partial charge in [-0.3, -0.25) is 9.59 Å². The van der Waals surface area contributed by atoms with Crippen molar-refractivity contribution in [2.75, 3.05) is 0 Å². The van der Waals surface area contributed by atoms with E-state index in [1.165, 1.54) is 0 Å². The molecule has 6 heteroatoms. The van der Waals surface area contributed by atoms with E-state index in [4.69, 9.17) is 21.7 Å². The highest BCUT2D eigenvalue weighted by Crippen LogP contribution is 2.01. The first-order valence-electron chi connectivity index (χ1n) is 3.36. The molecule has 0 aliphatic rings. The van der Waals surface area contributed by atoms with Gasteiger partial charge >= 0.3 is 0 Å². The van der Waals surface area contributed by atoms with Gasteiger partial charge in [-0.05, 0) is 0 Å². The lowest BCUT2D eigenvalue weighted by molar-refractivity contribution is -0.126. The summed E-state index contributed by atoms with van der Waals surface area (Å²) >= 11 is 0. The Balaban J connectivity index is 3.83. The number of aliphatic hydroxyl groups is 2. The first-order chi connectivity index (χ1) is 5.43. The molecule has 2 atom stereocenters. The minimum Gasteiger partial charge on any atom is -0.390 e. The topological polar surface area (TPSA) is 127 Å².